The summed E-state index contributed by atoms with van der Waals surface area (Å²) < 4.78 is 36.7. The van der Waals surface area contributed by atoms with Gasteiger partial charge in [-0.3, -0.25) is 0 Å². The third-order valence-electron chi connectivity index (χ3n) is 2.17. The molecule has 15 heavy (non-hydrogen) atoms. The molecule has 0 radical (unpaired) electrons. The average Bonchev–Trinajstić information content (AvgIpc) is 2.17. The van der Waals surface area contributed by atoms with Crippen molar-refractivity contribution in [1.29, 1.82) is 0 Å². The highest BCUT2D eigenvalue weighted by molar-refractivity contribution is 5.63. The van der Waals surface area contributed by atoms with E-state index in [1.54, 1.807) is 0 Å². The summed E-state index contributed by atoms with van der Waals surface area (Å²) in [6.45, 7) is 5.83. The number of rotatable bonds is 3. The van der Waals surface area contributed by atoms with Crippen molar-refractivity contribution < 1.29 is 13.2 Å². The number of halogens is 3. The molecule has 0 aliphatic heterocycles. The molecule has 0 N–H and O–H groups in total. The minimum atomic E-state index is -4.26. The van der Waals surface area contributed by atoms with Gasteiger partial charge in [0.2, 0.25) is 0 Å². The zero-order chi connectivity index (χ0) is 11.5. The van der Waals surface area contributed by atoms with E-state index in [0.29, 0.717) is 0 Å². The molecular weight excluding hydrogens is 201 g/mol. The Bertz CT molecular complexity index is 333. The first-order valence-electron chi connectivity index (χ1n) is 4.80. The highest BCUT2D eigenvalue weighted by Gasteiger charge is 2.29. The first-order valence-corrected chi connectivity index (χ1v) is 4.80. The van der Waals surface area contributed by atoms with Gasteiger partial charge in [-0.05, 0) is 29.7 Å². The quantitative estimate of drug-likeness (QED) is 0.694. The van der Waals surface area contributed by atoms with Gasteiger partial charge in [0.05, 0.1) is 5.56 Å². The fraction of sp³-hybridized carbons (Fsp3) is 0.333. The Kier molecular flexibility index (Phi) is 3.56. The molecule has 0 amide bonds. The molecule has 1 aromatic rings. The summed E-state index contributed by atoms with van der Waals surface area (Å²) >= 11 is 0. The molecule has 1 rings (SSSR count). The van der Waals surface area contributed by atoms with E-state index in [-0.39, 0.29) is 0 Å². The third-order valence-corrected chi connectivity index (χ3v) is 2.17. The zero-order valence-electron chi connectivity index (χ0n) is 8.56. The summed E-state index contributed by atoms with van der Waals surface area (Å²) in [5.74, 6) is 0. The smallest absolute Gasteiger partial charge is 0.166 e. The van der Waals surface area contributed by atoms with Crippen molar-refractivity contribution in [2.75, 3.05) is 0 Å². The van der Waals surface area contributed by atoms with E-state index in [2.05, 4.69) is 6.58 Å². The van der Waals surface area contributed by atoms with Crippen LogP contribution in [0.25, 0.3) is 5.57 Å². The van der Waals surface area contributed by atoms with Crippen LogP contribution in [0.15, 0.2) is 30.8 Å². The summed E-state index contributed by atoms with van der Waals surface area (Å²) in [7, 11) is 0. The van der Waals surface area contributed by atoms with Gasteiger partial charge in [-0.15, -0.1) is 0 Å². The van der Waals surface area contributed by atoms with Gasteiger partial charge in [0.15, 0.2) is 0 Å². The summed E-state index contributed by atoms with van der Waals surface area (Å²) in [6.07, 6.45) is -2.50. The van der Waals surface area contributed by atoms with E-state index in [1.165, 1.54) is 12.1 Å². The molecule has 0 saturated carbocycles. The maximum absolute atomic E-state index is 12.2. The van der Waals surface area contributed by atoms with Gasteiger partial charge in [-0.2, -0.15) is 13.2 Å². The maximum Gasteiger partial charge on any atom is 0.416 e. The van der Waals surface area contributed by atoms with Crippen LogP contribution in [-0.4, -0.2) is 0 Å². The van der Waals surface area contributed by atoms with Gasteiger partial charge < -0.3 is 0 Å². The van der Waals surface area contributed by atoms with Gasteiger partial charge in [0, 0.05) is 0 Å². The molecule has 0 bridgehead atoms. The Morgan fingerprint density at radius 3 is 2.13 bits per heavy atom. The standard InChI is InChI=1S/C12H13F3/c1-3-4-9(2)10-5-7-11(8-6-10)12(13,14)15/h5-8H,2-4H2,1H3. The topological polar surface area (TPSA) is 0 Å². The molecule has 0 fully saturated rings. The van der Waals surface area contributed by atoms with Crippen molar-refractivity contribution in [3.05, 3.63) is 42.0 Å². The highest BCUT2D eigenvalue weighted by Crippen LogP contribution is 2.30. The van der Waals surface area contributed by atoms with Crippen LogP contribution in [0.2, 0.25) is 0 Å². The second-order valence-electron chi connectivity index (χ2n) is 3.43. The van der Waals surface area contributed by atoms with Crippen LogP contribution < -0.4 is 0 Å². The van der Waals surface area contributed by atoms with Crippen LogP contribution in [0.5, 0.6) is 0 Å². The lowest BCUT2D eigenvalue weighted by molar-refractivity contribution is -0.137. The Labute approximate surface area is 87.4 Å². The van der Waals surface area contributed by atoms with E-state index in [4.69, 9.17) is 0 Å². The van der Waals surface area contributed by atoms with Gasteiger partial charge in [-0.25, -0.2) is 0 Å². The normalized spacial score (nSPS) is 11.5. The summed E-state index contributed by atoms with van der Waals surface area (Å²) in [5, 5.41) is 0. The van der Waals surface area contributed by atoms with Crippen LogP contribution in [0.1, 0.15) is 30.9 Å². The molecule has 0 aromatic heterocycles. The molecule has 3 heteroatoms. The van der Waals surface area contributed by atoms with Crippen molar-refractivity contribution in [2.45, 2.75) is 25.9 Å². The lowest BCUT2D eigenvalue weighted by Gasteiger charge is -2.08. The van der Waals surface area contributed by atoms with E-state index >= 15 is 0 Å². The number of alkyl halides is 3. The van der Waals surface area contributed by atoms with Gasteiger partial charge in [-0.1, -0.05) is 32.1 Å². The molecule has 0 atom stereocenters. The number of benzene rings is 1. The van der Waals surface area contributed by atoms with Crippen molar-refractivity contribution in [2.24, 2.45) is 0 Å². The predicted octanol–water partition coefficient (Wildman–Crippen LogP) is 4.52. The van der Waals surface area contributed by atoms with Crippen LogP contribution in [-0.2, 0) is 6.18 Å². The second kappa shape index (κ2) is 4.51. The molecular formula is C12H13F3. The predicted molar refractivity (Wildman–Crippen MR) is 55.4 cm³/mol. The first kappa shape index (κ1) is 11.8. The summed E-state index contributed by atoms with van der Waals surface area (Å²) in [4.78, 5) is 0. The lowest BCUT2D eigenvalue weighted by Crippen LogP contribution is -2.04. The highest BCUT2D eigenvalue weighted by atomic mass is 19.4. The van der Waals surface area contributed by atoms with E-state index < -0.39 is 11.7 Å². The number of allylic oxidation sites excluding steroid dienone is 1. The molecule has 0 saturated heterocycles. The van der Waals surface area contributed by atoms with Gasteiger partial charge >= 0.3 is 6.18 Å². The lowest BCUT2D eigenvalue weighted by atomic mass is 10.0. The number of hydrogen-bond donors (Lipinski definition) is 0. The summed E-state index contributed by atoms with van der Waals surface area (Å²) in [5.41, 5.74) is 1.05. The average molecular weight is 214 g/mol. The van der Waals surface area contributed by atoms with Crippen LogP contribution in [0.3, 0.4) is 0 Å². The van der Waals surface area contributed by atoms with E-state index in [0.717, 1.165) is 36.1 Å². The molecule has 1 aromatic carbocycles. The van der Waals surface area contributed by atoms with Gasteiger partial charge in [0.1, 0.15) is 0 Å². The summed E-state index contributed by atoms with van der Waals surface area (Å²) in [6, 6.07) is 5.13. The zero-order valence-corrected chi connectivity index (χ0v) is 8.56. The van der Waals surface area contributed by atoms with Crippen LogP contribution >= 0.6 is 0 Å². The fourth-order valence-electron chi connectivity index (χ4n) is 1.34. The van der Waals surface area contributed by atoms with Crippen LogP contribution in [0.4, 0.5) is 13.2 Å². The molecule has 0 nitrogen and oxygen atoms in total. The SMILES string of the molecule is C=C(CCC)c1ccc(C(F)(F)F)cc1. The Hall–Kier alpha value is -1.25. The largest absolute Gasteiger partial charge is 0.416 e. The Morgan fingerprint density at radius 1 is 1.20 bits per heavy atom. The third kappa shape index (κ3) is 3.11. The molecule has 0 aliphatic rings. The Morgan fingerprint density at radius 2 is 1.73 bits per heavy atom. The molecule has 0 aliphatic carbocycles. The Balaban J connectivity index is 2.86. The van der Waals surface area contributed by atoms with Crippen molar-refractivity contribution >= 4 is 5.57 Å². The fourth-order valence-corrected chi connectivity index (χ4v) is 1.34. The first-order chi connectivity index (χ1) is 6.95. The van der Waals surface area contributed by atoms with Crippen molar-refractivity contribution in [1.82, 2.24) is 0 Å². The van der Waals surface area contributed by atoms with Crippen molar-refractivity contribution in [3.63, 3.8) is 0 Å². The minimum Gasteiger partial charge on any atom is -0.166 e. The molecule has 0 heterocycles. The molecule has 0 spiro atoms. The number of hydrogen-bond acceptors (Lipinski definition) is 0. The maximum atomic E-state index is 12.2. The monoisotopic (exact) mass is 214 g/mol. The van der Waals surface area contributed by atoms with E-state index in [9.17, 15) is 13.2 Å². The molecule has 82 valence electrons. The van der Waals surface area contributed by atoms with Gasteiger partial charge in [0.25, 0.3) is 0 Å². The van der Waals surface area contributed by atoms with Crippen molar-refractivity contribution in [3.8, 4) is 0 Å². The minimum absolute atomic E-state index is 0.615. The second-order valence-corrected chi connectivity index (χ2v) is 3.43. The van der Waals surface area contributed by atoms with Crippen LogP contribution in [0, 0.1) is 0 Å². The van der Waals surface area contributed by atoms with E-state index in [1.807, 2.05) is 6.92 Å². The molecule has 0 unspecified atom stereocenters.